The molecular weight excluding hydrogens is 526 g/mol. The van der Waals surface area contributed by atoms with Crippen molar-refractivity contribution in [3.05, 3.63) is 63.0 Å². The Labute approximate surface area is 231 Å². The van der Waals surface area contributed by atoms with Crippen molar-refractivity contribution in [1.82, 2.24) is 20.1 Å². The fourth-order valence-corrected chi connectivity index (χ4v) is 4.46. The van der Waals surface area contributed by atoms with Gasteiger partial charge in [0.1, 0.15) is 18.9 Å². The number of nitrogens with one attached hydrogen (secondary N) is 2. The highest BCUT2D eigenvalue weighted by molar-refractivity contribution is 6.31. The molecule has 0 unspecified atom stereocenters. The predicted molar refractivity (Wildman–Crippen MR) is 146 cm³/mol. The third-order valence-electron chi connectivity index (χ3n) is 6.07. The van der Waals surface area contributed by atoms with E-state index in [2.05, 4.69) is 10.6 Å². The lowest BCUT2D eigenvalue weighted by Gasteiger charge is -2.25. The van der Waals surface area contributed by atoms with E-state index >= 15 is 0 Å². The summed E-state index contributed by atoms with van der Waals surface area (Å²) in [5, 5.41) is 6.20. The average molecular weight is 560 g/mol. The molecule has 0 aliphatic carbocycles. The molecule has 1 aliphatic rings. The van der Waals surface area contributed by atoms with Crippen molar-refractivity contribution < 1.29 is 23.9 Å². The maximum Gasteiger partial charge on any atom is 0.255 e. The van der Waals surface area contributed by atoms with Gasteiger partial charge in [-0.2, -0.15) is 0 Å². The minimum absolute atomic E-state index is 0.109. The van der Waals surface area contributed by atoms with Gasteiger partial charge in [-0.15, -0.1) is 0 Å². The van der Waals surface area contributed by atoms with Gasteiger partial charge in [0, 0.05) is 30.4 Å². The number of primary amides is 1. The Balaban J connectivity index is 1.85. The number of aromatic nitrogens is 1. The number of carbonyl (C=O) groups is 4. The first-order valence-corrected chi connectivity index (χ1v) is 13.2. The van der Waals surface area contributed by atoms with Crippen LogP contribution in [0.5, 0.6) is 5.75 Å². The Morgan fingerprint density at radius 3 is 2.64 bits per heavy atom. The highest BCUT2D eigenvalue weighted by atomic mass is 35.5. The summed E-state index contributed by atoms with van der Waals surface area (Å²) >= 11 is 6.12. The molecular formula is C27H34ClN5O6. The van der Waals surface area contributed by atoms with Crippen LogP contribution in [0.2, 0.25) is 5.02 Å². The Bertz CT molecular complexity index is 1280. The van der Waals surface area contributed by atoms with Gasteiger partial charge in [-0.3, -0.25) is 24.0 Å². The van der Waals surface area contributed by atoms with Gasteiger partial charge in [-0.05, 0) is 49.4 Å². The van der Waals surface area contributed by atoms with Crippen LogP contribution in [0.25, 0.3) is 0 Å². The van der Waals surface area contributed by atoms with Gasteiger partial charge >= 0.3 is 0 Å². The standard InChI is InChI=1S/C27H34ClN5O6/c1-17(2)11-20-16-39-22-7-6-19(28)12-21(22)26(37)30-9-3-4-10-32(15-24(35)31-20)27(38)18-5-8-25(36)33(13-18)14-23(29)34/h5-8,12-13,17,20H,3-4,9-11,14-16H2,1-2H3,(H2,29,34)(H,30,37)(H,31,35)/t20-/m1/s1. The second kappa shape index (κ2) is 13.8. The smallest absolute Gasteiger partial charge is 0.255 e. The van der Waals surface area contributed by atoms with Crippen LogP contribution in [0.15, 0.2) is 41.3 Å². The molecule has 0 spiro atoms. The molecule has 2 heterocycles. The third-order valence-corrected chi connectivity index (χ3v) is 6.30. The van der Waals surface area contributed by atoms with Gasteiger partial charge in [-0.25, -0.2) is 0 Å². The molecule has 0 bridgehead atoms. The zero-order valence-electron chi connectivity index (χ0n) is 22.1. The fourth-order valence-electron chi connectivity index (χ4n) is 4.29. The SMILES string of the molecule is CC(C)C[C@@H]1COc2ccc(Cl)cc2C(=O)NCCCCN(C(=O)c2ccc(=O)n(CC(N)=O)c2)CC(=O)N1. The molecule has 1 atom stereocenters. The second-order valence-corrected chi connectivity index (χ2v) is 10.3. The molecule has 0 saturated heterocycles. The highest BCUT2D eigenvalue weighted by Gasteiger charge is 2.23. The number of fused-ring (bicyclic) bond motifs is 1. The van der Waals surface area contributed by atoms with Gasteiger partial charge in [0.25, 0.3) is 17.4 Å². The van der Waals surface area contributed by atoms with Gasteiger partial charge in [0.2, 0.25) is 11.8 Å². The number of pyridine rings is 1. The first-order valence-electron chi connectivity index (χ1n) is 12.8. The van der Waals surface area contributed by atoms with Crippen LogP contribution in [-0.4, -0.2) is 65.4 Å². The molecule has 0 fully saturated rings. The molecule has 4 N–H and O–H groups in total. The van der Waals surface area contributed by atoms with Crippen molar-refractivity contribution in [3.8, 4) is 5.75 Å². The van der Waals surface area contributed by atoms with E-state index in [1.54, 1.807) is 18.2 Å². The number of hydrogen-bond donors (Lipinski definition) is 3. The molecule has 11 nitrogen and oxygen atoms in total. The highest BCUT2D eigenvalue weighted by Crippen LogP contribution is 2.24. The number of hydrogen-bond acceptors (Lipinski definition) is 6. The number of benzene rings is 1. The van der Waals surface area contributed by atoms with Gasteiger partial charge in [0.05, 0.1) is 23.7 Å². The van der Waals surface area contributed by atoms with E-state index in [0.717, 1.165) is 4.57 Å². The van der Waals surface area contributed by atoms with Crippen molar-refractivity contribution in [2.75, 3.05) is 26.2 Å². The Hall–Kier alpha value is -3.86. The van der Waals surface area contributed by atoms with Crippen molar-refractivity contribution in [2.45, 2.75) is 45.7 Å². The Kier molecular flexibility index (Phi) is 10.5. The van der Waals surface area contributed by atoms with Gasteiger partial charge in [-0.1, -0.05) is 25.4 Å². The molecule has 1 aliphatic heterocycles. The monoisotopic (exact) mass is 559 g/mol. The number of rotatable bonds is 5. The minimum Gasteiger partial charge on any atom is -0.491 e. The fraction of sp³-hybridized carbons (Fsp3) is 0.444. The van der Waals surface area contributed by atoms with Crippen LogP contribution in [0.3, 0.4) is 0 Å². The Morgan fingerprint density at radius 2 is 1.92 bits per heavy atom. The van der Waals surface area contributed by atoms with Crippen LogP contribution >= 0.6 is 11.6 Å². The van der Waals surface area contributed by atoms with E-state index in [1.807, 2.05) is 13.8 Å². The molecule has 210 valence electrons. The van der Waals surface area contributed by atoms with Crippen LogP contribution < -0.4 is 26.7 Å². The van der Waals surface area contributed by atoms with Gasteiger partial charge in [0.15, 0.2) is 0 Å². The average Bonchev–Trinajstić information content (AvgIpc) is 2.86. The first kappa shape index (κ1) is 29.7. The van der Waals surface area contributed by atoms with Crippen LogP contribution in [0, 0.1) is 5.92 Å². The molecule has 3 rings (SSSR count). The van der Waals surface area contributed by atoms with Crippen molar-refractivity contribution in [2.24, 2.45) is 11.7 Å². The topological polar surface area (TPSA) is 153 Å². The lowest BCUT2D eigenvalue weighted by atomic mass is 10.0. The third kappa shape index (κ3) is 8.85. The molecule has 1 aromatic heterocycles. The maximum absolute atomic E-state index is 13.4. The quantitative estimate of drug-likeness (QED) is 0.505. The minimum atomic E-state index is -0.722. The molecule has 1 aromatic carbocycles. The van der Waals surface area contributed by atoms with Crippen LogP contribution in [0.1, 0.15) is 53.8 Å². The molecule has 4 amide bonds. The largest absolute Gasteiger partial charge is 0.491 e. The summed E-state index contributed by atoms with van der Waals surface area (Å²) in [6.07, 6.45) is 2.90. The molecule has 12 heteroatoms. The lowest BCUT2D eigenvalue weighted by Crippen LogP contribution is -2.47. The number of carbonyl (C=O) groups excluding carboxylic acids is 4. The normalized spacial score (nSPS) is 17.2. The van der Waals surface area contributed by atoms with E-state index in [9.17, 15) is 24.0 Å². The maximum atomic E-state index is 13.4. The summed E-state index contributed by atoms with van der Waals surface area (Å²) in [7, 11) is 0. The first-order chi connectivity index (χ1) is 18.5. The predicted octanol–water partition coefficient (Wildman–Crippen LogP) is 1.56. The number of halogens is 1. The summed E-state index contributed by atoms with van der Waals surface area (Å²) in [4.78, 5) is 64.1. The summed E-state index contributed by atoms with van der Waals surface area (Å²) in [6.45, 7) is 4.10. The Morgan fingerprint density at radius 1 is 1.15 bits per heavy atom. The molecule has 0 saturated carbocycles. The summed E-state index contributed by atoms with van der Waals surface area (Å²) in [5.74, 6) is -1.31. The van der Waals surface area contributed by atoms with Crippen molar-refractivity contribution in [3.63, 3.8) is 0 Å². The van der Waals surface area contributed by atoms with Crippen molar-refractivity contribution in [1.29, 1.82) is 0 Å². The second-order valence-electron chi connectivity index (χ2n) is 9.89. The van der Waals surface area contributed by atoms with E-state index in [4.69, 9.17) is 22.1 Å². The zero-order valence-corrected chi connectivity index (χ0v) is 22.8. The lowest BCUT2D eigenvalue weighted by molar-refractivity contribution is -0.123. The van der Waals surface area contributed by atoms with Gasteiger partial charge < -0.3 is 30.6 Å². The molecule has 39 heavy (non-hydrogen) atoms. The van der Waals surface area contributed by atoms with Crippen molar-refractivity contribution >= 4 is 35.2 Å². The molecule has 0 radical (unpaired) electrons. The summed E-state index contributed by atoms with van der Waals surface area (Å²) < 4.78 is 7.02. The number of nitrogens with zero attached hydrogens (tertiary/aromatic N) is 2. The summed E-state index contributed by atoms with van der Waals surface area (Å²) in [5.41, 5.74) is 5.18. The number of amides is 4. The van der Waals surface area contributed by atoms with E-state index < -0.39 is 17.4 Å². The summed E-state index contributed by atoms with van der Waals surface area (Å²) in [6, 6.07) is 6.95. The number of ether oxygens (including phenoxy) is 1. The number of nitrogens with two attached hydrogens (primary N) is 1. The van der Waals surface area contributed by atoms with E-state index in [1.165, 1.54) is 23.2 Å². The molecule has 2 aromatic rings. The van der Waals surface area contributed by atoms with E-state index in [-0.39, 0.29) is 55.6 Å². The van der Waals surface area contributed by atoms with E-state index in [0.29, 0.717) is 42.1 Å². The van der Waals surface area contributed by atoms with Crippen LogP contribution in [0.4, 0.5) is 0 Å². The zero-order chi connectivity index (χ0) is 28.5. The van der Waals surface area contributed by atoms with Crippen LogP contribution in [-0.2, 0) is 16.1 Å².